The number of alkyl halides is 1. The van der Waals surface area contributed by atoms with E-state index in [1.165, 1.54) is 0 Å². The normalized spacial score (nSPS) is 29.4. The Labute approximate surface area is 84.0 Å². The average molecular weight is 209 g/mol. The predicted octanol–water partition coefficient (Wildman–Crippen LogP) is 0.281. The van der Waals surface area contributed by atoms with E-state index in [9.17, 15) is 4.39 Å². The topological polar surface area (TPSA) is 63.9 Å². The van der Waals surface area contributed by atoms with Gasteiger partial charge in [-0.25, -0.2) is 9.29 Å². The van der Waals surface area contributed by atoms with Crippen LogP contribution in [0.2, 0.25) is 0 Å². The van der Waals surface area contributed by atoms with Crippen LogP contribution in [0.3, 0.4) is 0 Å². The molecule has 1 aliphatic rings. The fraction of sp³-hybridized carbons (Fsp3) is 1.00. The third-order valence-electron chi connectivity index (χ3n) is 2.29. The molecule has 14 heavy (non-hydrogen) atoms. The Morgan fingerprint density at radius 3 is 2.14 bits per heavy atom. The zero-order valence-electron chi connectivity index (χ0n) is 8.94. The van der Waals surface area contributed by atoms with Crippen molar-refractivity contribution in [2.45, 2.75) is 39.5 Å². The van der Waals surface area contributed by atoms with Gasteiger partial charge < -0.3 is 15.3 Å². The molecule has 1 fully saturated rings. The number of likely N-dealkylation sites (tertiary alicyclic amines) is 1. The zero-order chi connectivity index (χ0) is 11.4. The van der Waals surface area contributed by atoms with Crippen molar-refractivity contribution in [3.8, 4) is 0 Å². The summed E-state index contributed by atoms with van der Waals surface area (Å²) in [6.45, 7) is 5.92. The van der Waals surface area contributed by atoms with E-state index in [-0.39, 0.29) is 12.5 Å². The Balaban J connectivity index is 0.000000791. The molecule has 2 unspecified atom stereocenters. The number of aliphatic hydroxyl groups is 3. The third-order valence-corrected chi connectivity index (χ3v) is 2.29. The van der Waals surface area contributed by atoms with E-state index in [1.54, 1.807) is 6.92 Å². The summed E-state index contributed by atoms with van der Waals surface area (Å²) in [5, 5.41) is 26.2. The lowest BCUT2D eigenvalue weighted by Crippen LogP contribution is -2.55. The van der Waals surface area contributed by atoms with E-state index in [0.717, 1.165) is 4.90 Å². The Morgan fingerprint density at radius 1 is 1.29 bits per heavy atom. The molecule has 0 spiro atoms. The molecular weight excluding hydrogens is 189 g/mol. The number of hydrogen-bond donors (Lipinski definition) is 3. The summed E-state index contributed by atoms with van der Waals surface area (Å²) in [4.78, 5) is 0.900. The zero-order valence-corrected chi connectivity index (χ0v) is 8.94. The summed E-state index contributed by atoms with van der Waals surface area (Å²) in [6, 6.07) is 0. The second-order valence-corrected chi connectivity index (χ2v) is 3.33. The number of piperidine rings is 1. The monoisotopic (exact) mass is 209 g/mol. The Morgan fingerprint density at radius 2 is 1.79 bits per heavy atom. The van der Waals surface area contributed by atoms with Gasteiger partial charge in [0.05, 0.1) is 0 Å². The van der Waals surface area contributed by atoms with E-state index < -0.39 is 12.3 Å². The Bertz CT molecular complexity index is 161. The summed E-state index contributed by atoms with van der Waals surface area (Å²) < 4.78 is 13.0. The average Bonchev–Trinajstić information content (AvgIpc) is 2.11. The largest absolute Gasteiger partial charge is 0.345 e. The number of rotatable bonds is 1. The van der Waals surface area contributed by atoms with E-state index in [4.69, 9.17) is 15.3 Å². The van der Waals surface area contributed by atoms with Crippen LogP contribution in [0.4, 0.5) is 4.39 Å². The fourth-order valence-electron chi connectivity index (χ4n) is 1.29. The summed E-state index contributed by atoms with van der Waals surface area (Å²) in [7, 11) is 0. The standard InChI is InChI=1S/C7H14FNO3.C2H6/c1-5-2-3-9(4-6(5)8)7(10,11)12;1-2/h5-6,10-12H,2-4H2,1H3;1-2H3. The summed E-state index contributed by atoms with van der Waals surface area (Å²) >= 11 is 0. The summed E-state index contributed by atoms with van der Waals surface area (Å²) in [5.74, 6) is -0.0800. The molecular formula is C9H20FNO3. The highest BCUT2D eigenvalue weighted by atomic mass is 19.1. The van der Waals surface area contributed by atoms with Crippen LogP contribution < -0.4 is 0 Å². The molecule has 0 radical (unpaired) electrons. The number of hydrogen-bond acceptors (Lipinski definition) is 4. The molecule has 0 aromatic carbocycles. The molecule has 0 aromatic rings. The van der Waals surface area contributed by atoms with Crippen molar-refractivity contribution < 1.29 is 19.7 Å². The molecule has 1 heterocycles. The molecule has 0 saturated carbocycles. The minimum atomic E-state index is -2.87. The first-order valence-corrected chi connectivity index (χ1v) is 4.97. The molecule has 0 bridgehead atoms. The van der Waals surface area contributed by atoms with Crippen molar-refractivity contribution >= 4 is 0 Å². The van der Waals surface area contributed by atoms with Crippen molar-refractivity contribution in [2.75, 3.05) is 13.1 Å². The maximum Gasteiger partial charge on any atom is 0.345 e. The molecule has 4 nitrogen and oxygen atoms in total. The van der Waals surface area contributed by atoms with E-state index in [2.05, 4.69) is 0 Å². The van der Waals surface area contributed by atoms with E-state index in [0.29, 0.717) is 13.0 Å². The molecule has 1 saturated heterocycles. The first kappa shape index (κ1) is 13.8. The third kappa shape index (κ3) is 3.88. The minimum Gasteiger partial charge on any atom is -0.330 e. The minimum absolute atomic E-state index is 0.0800. The van der Waals surface area contributed by atoms with Gasteiger partial charge in [0.2, 0.25) is 0 Å². The van der Waals surface area contributed by atoms with Gasteiger partial charge in [0.1, 0.15) is 6.17 Å². The van der Waals surface area contributed by atoms with Gasteiger partial charge in [0.25, 0.3) is 0 Å². The van der Waals surface area contributed by atoms with Crippen LogP contribution in [0.5, 0.6) is 0 Å². The maximum absolute atomic E-state index is 13.0. The van der Waals surface area contributed by atoms with Gasteiger partial charge >= 0.3 is 6.10 Å². The summed E-state index contributed by atoms with van der Waals surface area (Å²) in [6.07, 6.45) is -3.46. The molecule has 86 valence electrons. The number of nitrogens with zero attached hydrogens (tertiary/aromatic N) is 1. The molecule has 0 aliphatic carbocycles. The smallest absolute Gasteiger partial charge is 0.330 e. The van der Waals surface area contributed by atoms with Crippen molar-refractivity contribution in [3.05, 3.63) is 0 Å². The highest BCUT2D eigenvalue weighted by molar-refractivity contribution is 4.78. The van der Waals surface area contributed by atoms with Crippen LogP contribution in [-0.4, -0.2) is 45.6 Å². The summed E-state index contributed by atoms with van der Waals surface area (Å²) in [5.41, 5.74) is 0. The van der Waals surface area contributed by atoms with E-state index >= 15 is 0 Å². The van der Waals surface area contributed by atoms with Crippen LogP contribution in [0.1, 0.15) is 27.2 Å². The molecule has 0 aromatic heterocycles. The quantitative estimate of drug-likeness (QED) is 0.543. The van der Waals surface area contributed by atoms with Gasteiger partial charge in [-0.2, -0.15) is 0 Å². The lowest BCUT2D eigenvalue weighted by atomic mass is 9.97. The molecule has 2 atom stereocenters. The van der Waals surface area contributed by atoms with Crippen LogP contribution in [0, 0.1) is 5.92 Å². The van der Waals surface area contributed by atoms with Gasteiger partial charge in [-0.15, -0.1) is 0 Å². The van der Waals surface area contributed by atoms with Crippen LogP contribution in [0.25, 0.3) is 0 Å². The molecule has 0 amide bonds. The van der Waals surface area contributed by atoms with Crippen LogP contribution >= 0.6 is 0 Å². The van der Waals surface area contributed by atoms with Crippen molar-refractivity contribution in [2.24, 2.45) is 5.92 Å². The highest BCUT2D eigenvalue weighted by Gasteiger charge is 2.36. The van der Waals surface area contributed by atoms with Gasteiger partial charge in [-0.05, 0) is 12.3 Å². The van der Waals surface area contributed by atoms with Gasteiger partial charge in [0, 0.05) is 13.1 Å². The highest BCUT2D eigenvalue weighted by Crippen LogP contribution is 2.22. The second-order valence-electron chi connectivity index (χ2n) is 3.33. The number of halogens is 1. The SMILES string of the molecule is CC.CC1CCN(C(O)(O)O)CC1F. The fourth-order valence-corrected chi connectivity index (χ4v) is 1.29. The van der Waals surface area contributed by atoms with Crippen molar-refractivity contribution in [3.63, 3.8) is 0 Å². The van der Waals surface area contributed by atoms with Crippen molar-refractivity contribution in [1.29, 1.82) is 0 Å². The lowest BCUT2D eigenvalue weighted by Gasteiger charge is -2.37. The van der Waals surface area contributed by atoms with Crippen LogP contribution in [0.15, 0.2) is 0 Å². The Hall–Kier alpha value is -0.230. The van der Waals surface area contributed by atoms with Crippen LogP contribution in [-0.2, 0) is 0 Å². The van der Waals surface area contributed by atoms with E-state index in [1.807, 2.05) is 13.8 Å². The first-order valence-electron chi connectivity index (χ1n) is 4.97. The first-order chi connectivity index (χ1) is 6.41. The Kier molecular flexibility index (Phi) is 5.51. The van der Waals surface area contributed by atoms with Gasteiger partial charge in [-0.3, -0.25) is 0 Å². The lowest BCUT2D eigenvalue weighted by molar-refractivity contribution is -0.398. The second kappa shape index (κ2) is 5.60. The molecule has 1 rings (SSSR count). The van der Waals surface area contributed by atoms with Gasteiger partial charge in [-0.1, -0.05) is 20.8 Å². The molecule has 1 aliphatic heterocycles. The predicted molar refractivity (Wildman–Crippen MR) is 51.0 cm³/mol. The molecule has 5 heteroatoms. The molecule has 3 N–H and O–H groups in total. The van der Waals surface area contributed by atoms with Gasteiger partial charge in [0.15, 0.2) is 0 Å². The van der Waals surface area contributed by atoms with Crippen molar-refractivity contribution in [1.82, 2.24) is 4.90 Å². The maximum atomic E-state index is 13.0.